The van der Waals surface area contributed by atoms with Gasteiger partial charge in [-0.3, -0.25) is 8.74 Å². The molecule has 0 aliphatic rings. The summed E-state index contributed by atoms with van der Waals surface area (Å²) in [4.78, 5) is 0. The van der Waals surface area contributed by atoms with Crippen LogP contribution in [0, 0.1) is 0 Å². The smallest absolute Gasteiger partial charge is 0.266 e. The third kappa shape index (κ3) is 8.29. The second-order valence-corrected chi connectivity index (χ2v) is 3.96. The summed E-state index contributed by atoms with van der Waals surface area (Å²) in [6, 6.07) is 0. The first-order chi connectivity index (χ1) is 4.06. The van der Waals surface area contributed by atoms with Crippen molar-refractivity contribution in [1.29, 1.82) is 0 Å². The van der Waals surface area contributed by atoms with Gasteiger partial charge in [0, 0.05) is 11.2 Å². The third-order valence-corrected chi connectivity index (χ3v) is 1.48. The van der Waals surface area contributed by atoms with E-state index in [-0.39, 0.29) is 6.61 Å². The zero-order valence-electron chi connectivity index (χ0n) is 5.20. The van der Waals surface area contributed by atoms with Gasteiger partial charge in [-0.15, -0.1) is 0 Å². The molecule has 0 fully saturated rings. The molecule has 9 heavy (non-hydrogen) atoms. The molecular weight excluding hydrogens is 160 g/mol. The van der Waals surface area contributed by atoms with Gasteiger partial charge in [-0.1, -0.05) is 13.3 Å². The zero-order valence-corrected chi connectivity index (χ0v) is 6.83. The topological polar surface area (TPSA) is 46.5 Å². The molecule has 1 atom stereocenters. The van der Waals surface area contributed by atoms with Crippen LogP contribution in [-0.2, 0) is 24.4 Å². The van der Waals surface area contributed by atoms with E-state index in [9.17, 15) is 4.21 Å². The minimum atomic E-state index is -3.36. The Balaban J connectivity index is 3.30. The summed E-state index contributed by atoms with van der Waals surface area (Å²) >= 11 is 4.06. The highest BCUT2D eigenvalue weighted by molar-refractivity contribution is 8.27. The molecule has 5 heteroatoms. The zero-order chi connectivity index (χ0) is 7.33. The normalized spacial score (nSPS) is 17.1. The Morgan fingerprint density at radius 3 is 2.67 bits per heavy atom. The predicted octanol–water partition coefficient (Wildman–Crippen LogP) is 0.937. The highest BCUT2D eigenvalue weighted by Gasteiger charge is 1.96. The van der Waals surface area contributed by atoms with Crippen molar-refractivity contribution in [1.82, 2.24) is 0 Å². The first-order valence-electron chi connectivity index (χ1n) is 2.68. The monoisotopic (exact) mass is 170 g/mol. The largest absolute Gasteiger partial charge is 0.285 e. The van der Waals surface area contributed by atoms with Gasteiger partial charge in [-0.05, 0) is 6.42 Å². The molecule has 0 saturated heterocycles. The second kappa shape index (κ2) is 4.16. The van der Waals surface area contributed by atoms with Gasteiger partial charge >= 0.3 is 0 Å². The molecule has 0 aliphatic heterocycles. The molecule has 56 valence electrons. The summed E-state index contributed by atoms with van der Waals surface area (Å²) in [5.74, 6) is 0. The second-order valence-electron chi connectivity index (χ2n) is 1.60. The SMILES string of the molecule is CCCCOS(=O)(O)=S. The molecule has 3 nitrogen and oxygen atoms in total. The van der Waals surface area contributed by atoms with Crippen LogP contribution < -0.4 is 0 Å². The van der Waals surface area contributed by atoms with Crippen molar-refractivity contribution >= 4 is 20.2 Å². The average molecular weight is 170 g/mol. The van der Waals surface area contributed by atoms with Gasteiger partial charge in [-0.2, -0.15) is 4.21 Å². The lowest BCUT2D eigenvalue weighted by Crippen LogP contribution is -2.02. The van der Waals surface area contributed by atoms with Crippen molar-refractivity contribution in [3.05, 3.63) is 0 Å². The lowest BCUT2D eigenvalue weighted by atomic mass is 10.4. The summed E-state index contributed by atoms with van der Waals surface area (Å²) in [7, 11) is -3.36. The summed E-state index contributed by atoms with van der Waals surface area (Å²) in [6.45, 7) is 2.24. The van der Waals surface area contributed by atoms with E-state index in [2.05, 4.69) is 15.4 Å². The van der Waals surface area contributed by atoms with Gasteiger partial charge in [0.25, 0.3) is 9.05 Å². The van der Waals surface area contributed by atoms with Gasteiger partial charge in [0.05, 0.1) is 6.61 Å². The van der Waals surface area contributed by atoms with E-state index in [4.69, 9.17) is 4.55 Å². The molecule has 0 rings (SSSR count). The van der Waals surface area contributed by atoms with Crippen molar-refractivity contribution in [2.45, 2.75) is 19.8 Å². The fourth-order valence-electron chi connectivity index (χ4n) is 0.309. The Kier molecular flexibility index (Phi) is 4.29. The van der Waals surface area contributed by atoms with Crippen molar-refractivity contribution < 1.29 is 12.9 Å². The minimum Gasteiger partial charge on any atom is -0.285 e. The van der Waals surface area contributed by atoms with E-state index in [0.29, 0.717) is 0 Å². The Bertz CT molecular complexity index is 149. The van der Waals surface area contributed by atoms with Crippen LogP contribution >= 0.6 is 0 Å². The highest BCUT2D eigenvalue weighted by Crippen LogP contribution is 1.92. The molecule has 0 spiro atoms. The molecule has 1 N–H and O–H groups in total. The summed E-state index contributed by atoms with van der Waals surface area (Å²) in [5.41, 5.74) is 0. The van der Waals surface area contributed by atoms with E-state index in [0.717, 1.165) is 12.8 Å². The molecule has 0 heterocycles. The van der Waals surface area contributed by atoms with E-state index < -0.39 is 9.05 Å². The van der Waals surface area contributed by atoms with Crippen LogP contribution in [0.4, 0.5) is 0 Å². The summed E-state index contributed by atoms with van der Waals surface area (Å²) in [6.07, 6.45) is 1.71. The number of unbranched alkanes of at least 4 members (excludes halogenated alkanes) is 1. The summed E-state index contributed by atoms with van der Waals surface area (Å²) in [5, 5.41) is 0. The average Bonchev–Trinajstić information content (AvgIpc) is 1.63. The maximum absolute atomic E-state index is 10.2. The van der Waals surface area contributed by atoms with Crippen molar-refractivity contribution in [3.63, 3.8) is 0 Å². The van der Waals surface area contributed by atoms with Gasteiger partial charge < -0.3 is 0 Å². The fraction of sp³-hybridized carbons (Fsp3) is 1.00. The predicted molar refractivity (Wildman–Crippen MR) is 39.0 cm³/mol. The molecule has 0 aromatic carbocycles. The first-order valence-corrected chi connectivity index (χ1v) is 5.04. The quantitative estimate of drug-likeness (QED) is 0.638. The van der Waals surface area contributed by atoms with Crippen LogP contribution in [0.2, 0.25) is 0 Å². The maximum atomic E-state index is 10.2. The molecule has 0 bridgehead atoms. The van der Waals surface area contributed by atoms with Gasteiger partial charge in [0.1, 0.15) is 0 Å². The Morgan fingerprint density at radius 2 is 2.33 bits per heavy atom. The molecule has 1 unspecified atom stereocenters. The molecule has 0 aromatic rings. The third-order valence-electron chi connectivity index (χ3n) is 0.730. The number of rotatable bonds is 4. The number of hydrogen-bond acceptors (Lipinski definition) is 3. The lowest BCUT2D eigenvalue weighted by Gasteiger charge is -1.97. The molecule has 0 amide bonds. The molecule has 0 aliphatic carbocycles. The molecular formula is C4H10O3S2. The van der Waals surface area contributed by atoms with Crippen molar-refractivity contribution in [3.8, 4) is 0 Å². The van der Waals surface area contributed by atoms with Crippen molar-refractivity contribution in [2.75, 3.05) is 6.61 Å². The van der Waals surface area contributed by atoms with Crippen molar-refractivity contribution in [2.24, 2.45) is 0 Å². The van der Waals surface area contributed by atoms with Crippen LogP contribution in [-0.4, -0.2) is 15.4 Å². The minimum absolute atomic E-state index is 0.273. The van der Waals surface area contributed by atoms with Gasteiger partial charge in [0.2, 0.25) is 0 Å². The van der Waals surface area contributed by atoms with E-state index in [1.807, 2.05) is 6.92 Å². The fourth-order valence-corrected chi connectivity index (χ4v) is 0.841. The lowest BCUT2D eigenvalue weighted by molar-refractivity contribution is 0.298. The standard InChI is InChI=1S/C4H10O3S2/c1-2-3-4-7-9(5,6)8/h2-4H2,1H3,(H,5,6,8). The van der Waals surface area contributed by atoms with Crippen LogP contribution in [0.25, 0.3) is 0 Å². The number of hydrogen-bond donors (Lipinski definition) is 1. The van der Waals surface area contributed by atoms with E-state index in [1.54, 1.807) is 0 Å². The summed E-state index contributed by atoms with van der Waals surface area (Å²) < 4.78 is 22.9. The van der Waals surface area contributed by atoms with Gasteiger partial charge in [0.15, 0.2) is 0 Å². The molecule has 0 radical (unpaired) electrons. The molecule has 0 saturated carbocycles. The molecule has 0 aromatic heterocycles. The van der Waals surface area contributed by atoms with E-state index in [1.165, 1.54) is 0 Å². The Labute approximate surface area is 60.1 Å². The van der Waals surface area contributed by atoms with Crippen LogP contribution in [0.15, 0.2) is 0 Å². The van der Waals surface area contributed by atoms with E-state index >= 15 is 0 Å². The highest BCUT2D eigenvalue weighted by atomic mass is 32.9. The maximum Gasteiger partial charge on any atom is 0.266 e. The van der Waals surface area contributed by atoms with Crippen LogP contribution in [0.3, 0.4) is 0 Å². The first kappa shape index (κ1) is 9.29. The van der Waals surface area contributed by atoms with Gasteiger partial charge in [-0.25, -0.2) is 0 Å². The Hall–Kier alpha value is 0.290. The van der Waals surface area contributed by atoms with Crippen LogP contribution in [0.1, 0.15) is 19.8 Å². The van der Waals surface area contributed by atoms with Crippen LogP contribution in [0.5, 0.6) is 0 Å². The Morgan fingerprint density at radius 1 is 1.78 bits per heavy atom.